The third-order valence-corrected chi connectivity index (χ3v) is 3.03. The molecule has 7 nitrogen and oxygen atoms in total. The van der Waals surface area contributed by atoms with Crippen LogP contribution in [0.5, 0.6) is 0 Å². The number of carbonyl (C=O) groups is 2. The lowest BCUT2D eigenvalue weighted by Crippen LogP contribution is -2.37. The van der Waals surface area contributed by atoms with Crippen molar-refractivity contribution in [1.82, 2.24) is 20.8 Å². The SMILES string of the molecule is Cc1[nH]ncc1CCCNC(=O)CNC(=O)c1ccco1. The Bertz CT molecular complexity index is 589. The van der Waals surface area contributed by atoms with Crippen molar-refractivity contribution in [2.75, 3.05) is 13.1 Å². The lowest BCUT2D eigenvalue weighted by atomic mass is 10.1. The summed E-state index contributed by atoms with van der Waals surface area (Å²) in [5.74, 6) is -0.429. The molecule has 7 heteroatoms. The highest BCUT2D eigenvalue weighted by Gasteiger charge is 2.09. The second-order valence-corrected chi connectivity index (χ2v) is 4.63. The fraction of sp³-hybridized carbons (Fsp3) is 0.357. The van der Waals surface area contributed by atoms with Gasteiger partial charge in [-0.15, -0.1) is 0 Å². The zero-order valence-corrected chi connectivity index (χ0v) is 11.8. The minimum absolute atomic E-state index is 0.0652. The van der Waals surface area contributed by atoms with E-state index < -0.39 is 5.91 Å². The van der Waals surface area contributed by atoms with Crippen LogP contribution in [0.3, 0.4) is 0 Å². The fourth-order valence-corrected chi connectivity index (χ4v) is 1.85. The molecular weight excluding hydrogens is 272 g/mol. The first-order chi connectivity index (χ1) is 10.2. The molecule has 2 aromatic heterocycles. The summed E-state index contributed by atoms with van der Waals surface area (Å²) < 4.78 is 4.93. The van der Waals surface area contributed by atoms with Crippen molar-refractivity contribution >= 4 is 11.8 Å². The summed E-state index contributed by atoms with van der Waals surface area (Å²) in [4.78, 5) is 23.1. The number of hydrogen-bond acceptors (Lipinski definition) is 4. The summed E-state index contributed by atoms with van der Waals surface area (Å²) in [7, 11) is 0. The molecule has 112 valence electrons. The minimum atomic E-state index is -0.399. The molecule has 0 unspecified atom stereocenters. The maximum Gasteiger partial charge on any atom is 0.287 e. The number of carbonyl (C=O) groups excluding carboxylic acids is 2. The number of H-pyrrole nitrogens is 1. The van der Waals surface area contributed by atoms with Crippen molar-refractivity contribution in [2.24, 2.45) is 0 Å². The Morgan fingerprint density at radius 1 is 1.38 bits per heavy atom. The number of nitrogens with one attached hydrogen (secondary N) is 3. The van der Waals surface area contributed by atoms with Gasteiger partial charge in [0.05, 0.1) is 19.0 Å². The van der Waals surface area contributed by atoms with Crippen LogP contribution in [0.15, 0.2) is 29.0 Å². The van der Waals surface area contributed by atoms with E-state index in [4.69, 9.17) is 4.42 Å². The first-order valence-corrected chi connectivity index (χ1v) is 6.74. The van der Waals surface area contributed by atoms with Crippen LogP contribution in [-0.4, -0.2) is 35.1 Å². The van der Waals surface area contributed by atoms with E-state index in [0.717, 1.165) is 24.1 Å². The van der Waals surface area contributed by atoms with Gasteiger partial charge in [0.15, 0.2) is 5.76 Å². The maximum atomic E-state index is 11.6. The Labute approximate surface area is 122 Å². The number of furan rings is 1. The standard InChI is InChI=1S/C14H18N4O3/c1-10-11(8-17-18-10)4-2-6-15-13(19)9-16-14(20)12-5-3-7-21-12/h3,5,7-8H,2,4,6,9H2,1H3,(H,15,19)(H,16,20)(H,17,18). The summed E-state index contributed by atoms with van der Waals surface area (Å²) in [5, 5.41) is 12.0. The lowest BCUT2D eigenvalue weighted by Gasteiger charge is -2.06. The number of amides is 2. The van der Waals surface area contributed by atoms with Gasteiger partial charge in [-0.3, -0.25) is 14.7 Å². The molecule has 0 radical (unpaired) electrons. The first-order valence-electron chi connectivity index (χ1n) is 6.74. The average molecular weight is 290 g/mol. The molecule has 0 aliphatic heterocycles. The fourth-order valence-electron chi connectivity index (χ4n) is 1.85. The molecule has 2 rings (SSSR count). The van der Waals surface area contributed by atoms with Crippen molar-refractivity contribution in [3.63, 3.8) is 0 Å². The average Bonchev–Trinajstić information content (AvgIpc) is 3.13. The molecule has 0 aliphatic carbocycles. The molecule has 2 heterocycles. The Hall–Kier alpha value is -2.57. The molecule has 0 atom stereocenters. The topological polar surface area (TPSA) is 100 Å². The second-order valence-electron chi connectivity index (χ2n) is 4.63. The van der Waals surface area contributed by atoms with Crippen molar-refractivity contribution < 1.29 is 14.0 Å². The predicted octanol–water partition coefficient (Wildman–Crippen LogP) is 0.790. The second kappa shape index (κ2) is 7.28. The number of aromatic nitrogens is 2. The smallest absolute Gasteiger partial charge is 0.287 e. The molecule has 0 aromatic carbocycles. The van der Waals surface area contributed by atoms with Crippen LogP contribution in [0, 0.1) is 6.92 Å². The van der Waals surface area contributed by atoms with Gasteiger partial charge in [0.2, 0.25) is 5.91 Å². The van der Waals surface area contributed by atoms with E-state index in [1.807, 2.05) is 6.92 Å². The zero-order valence-electron chi connectivity index (χ0n) is 11.8. The highest BCUT2D eigenvalue weighted by atomic mass is 16.3. The number of aryl methyl sites for hydroxylation is 2. The maximum absolute atomic E-state index is 11.6. The lowest BCUT2D eigenvalue weighted by molar-refractivity contribution is -0.120. The van der Waals surface area contributed by atoms with Gasteiger partial charge in [0, 0.05) is 12.2 Å². The van der Waals surface area contributed by atoms with Crippen molar-refractivity contribution in [1.29, 1.82) is 0 Å². The van der Waals surface area contributed by atoms with Crippen LogP contribution in [0.1, 0.15) is 28.2 Å². The van der Waals surface area contributed by atoms with Crippen LogP contribution in [-0.2, 0) is 11.2 Å². The molecule has 0 fully saturated rings. The van der Waals surface area contributed by atoms with E-state index >= 15 is 0 Å². The van der Waals surface area contributed by atoms with Gasteiger partial charge in [-0.2, -0.15) is 5.10 Å². The molecular formula is C14H18N4O3. The van der Waals surface area contributed by atoms with Gasteiger partial charge >= 0.3 is 0 Å². The Morgan fingerprint density at radius 3 is 2.90 bits per heavy atom. The van der Waals surface area contributed by atoms with Crippen molar-refractivity contribution in [2.45, 2.75) is 19.8 Å². The van der Waals surface area contributed by atoms with Crippen LogP contribution in [0.4, 0.5) is 0 Å². The van der Waals surface area contributed by atoms with E-state index in [9.17, 15) is 9.59 Å². The van der Waals surface area contributed by atoms with E-state index in [1.165, 1.54) is 6.26 Å². The normalized spacial score (nSPS) is 10.3. The molecule has 21 heavy (non-hydrogen) atoms. The molecule has 0 saturated heterocycles. The van der Waals surface area contributed by atoms with E-state index in [0.29, 0.717) is 6.54 Å². The van der Waals surface area contributed by atoms with E-state index in [-0.39, 0.29) is 18.2 Å². The van der Waals surface area contributed by atoms with Gasteiger partial charge in [0.25, 0.3) is 5.91 Å². The number of hydrogen-bond donors (Lipinski definition) is 3. The Kier molecular flexibility index (Phi) is 5.14. The first kappa shape index (κ1) is 14.8. The Morgan fingerprint density at radius 2 is 2.24 bits per heavy atom. The summed E-state index contributed by atoms with van der Waals surface area (Å²) in [6.45, 7) is 2.45. The minimum Gasteiger partial charge on any atom is -0.459 e. The summed E-state index contributed by atoms with van der Waals surface area (Å²) in [6.07, 6.45) is 4.87. The van der Waals surface area contributed by atoms with Crippen LogP contribution >= 0.6 is 0 Å². The molecule has 0 aliphatic rings. The van der Waals surface area contributed by atoms with Crippen LogP contribution < -0.4 is 10.6 Å². The molecule has 3 N–H and O–H groups in total. The van der Waals surface area contributed by atoms with Gasteiger partial charge in [-0.05, 0) is 37.5 Å². The summed E-state index contributed by atoms with van der Waals surface area (Å²) >= 11 is 0. The number of nitrogens with zero attached hydrogens (tertiary/aromatic N) is 1. The van der Waals surface area contributed by atoms with Gasteiger partial charge in [-0.25, -0.2) is 0 Å². The van der Waals surface area contributed by atoms with Gasteiger partial charge in [0.1, 0.15) is 0 Å². The van der Waals surface area contributed by atoms with Crippen LogP contribution in [0.25, 0.3) is 0 Å². The largest absolute Gasteiger partial charge is 0.459 e. The molecule has 0 spiro atoms. The monoisotopic (exact) mass is 290 g/mol. The number of aromatic amines is 1. The Balaban J connectivity index is 1.60. The third kappa shape index (κ3) is 4.48. The van der Waals surface area contributed by atoms with Crippen molar-refractivity contribution in [3.8, 4) is 0 Å². The van der Waals surface area contributed by atoms with E-state index in [1.54, 1.807) is 18.3 Å². The highest BCUT2D eigenvalue weighted by Crippen LogP contribution is 2.04. The van der Waals surface area contributed by atoms with Gasteiger partial charge in [-0.1, -0.05) is 0 Å². The summed E-state index contributed by atoms with van der Waals surface area (Å²) in [6, 6.07) is 3.16. The van der Waals surface area contributed by atoms with Crippen LogP contribution in [0.2, 0.25) is 0 Å². The quantitative estimate of drug-likeness (QED) is 0.656. The predicted molar refractivity (Wildman–Crippen MR) is 75.7 cm³/mol. The molecule has 2 aromatic rings. The van der Waals surface area contributed by atoms with Crippen molar-refractivity contribution in [3.05, 3.63) is 41.6 Å². The highest BCUT2D eigenvalue weighted by molar-refractivity contribution is 5.94. The van der Waals surface area contributed by atoms with Gasteiger partial charge < -0.3 is 15.1 Å². The third-order valence-electron chi connectivity index (χ3n) is 3.03. The van der Waals surface area contributed by atoms with E-state index in [2.05, 4.69) is 20.8 Å². The molecule has 2 amide bonds. The summed E-state index contributed by atoms with van der Waals surface area (Å²) in [5.41, 5.74) is 2.20. The molecule has 0 saturated carbocycles. The number of rotatable bonds is 7. The zero-order chi connectivity index (χ0) is 15.1. The molecule has 0 bridgehead atoms.